The summed E-state index contributed by atoms with van der Waals surface area (Å²) < 4.78 is 47.8. The third kappa shape index (κ3) is 7.90. The molecule has 192 valence electrons. The van der Waals surface area contributed by atoms with Gasteiger partial charge in [-0.3, -0.25) is 0 Å². The molecule has 2 aromatic rings. The molecule has 1 N–H and O–H groups in total. The summed E-state index contributed by atoms with van der Waals surface area (Å²) in [6.45, 7) is 13.5. The Morgan fingerprint density at radius 3 is 2.37 bits per heavy atom. The van der Waals surface area contributed by atoms with E-state index in [0.717, 1.165) is 31.5 Å². The zero-order valence-corrected chi connectivity index (χ0v) is 20.4. The largest absolute Gasteiger partial charge is 0.573 e. The molecule has 1 aromatic heterocycles. The van der Waals surface area contributed by atoms with E-state index in [4.69, 9.17) is 4.74 Å². The van der Waals surface area contributed by atoms with Gasteiger partial charge in [-0.05, 0) is 76.6 Å². The number of anilines is 1. The van der Waals surface area contributed by atoms with Crippen molar-refractivity contribution >= 4 is 12.0 Å². The van der Waals surface area contributed by atoms with Crippen molar-refractivity contribution in [3.8, 4) is 11.4 Å². The first-order chi connectivity index (χ1) is 16.3. The fourth-order valence-electron chi connectivity index (χ4n) is 4.08. The number of alkyl halides is 3. The molecule has 1 aromatic carbocycles. The van der Waals surface area contributed by atoms with Crippen molar-refractivity contribution in [3.63, 3.8) is 0 Å². The van der Waals surface area contributed by atoms with Gasteiger partial charge in [0.05, 0.1) is 5.69 Å². The monoisotopic (exact) mass is 495 g/mol. The molecule has 3 rings (SSSR count). The van der Waals surface area contributed by atoms with Gasteiger partial charge in [-0.1, -0.05) is 12.2 Å². The topological polar surface area (TPSA) is 81.5 Å². The number of rotatable bonds is 7. The number of piperidine rings is 1. The highest BCUT2D eigenvalue weighted by Gasteiger charge is 2.31. The van der Waals surface area contributed by atoms with Crippen LogP contribution in [0, 0.1) is 11.8 Å². The van der Waals surface area contributed by atoms with E-state index in [9.17, 15) is 18.0 Å². The van der Waals surface area contributed by atoms with Gasteiger partial charge < -0.3 is 19.7 Å². The molecule has 2 heterocycles. The maximum atomic E-state index is 12.3. The summed E-state index contributed by atoms with van der Waals surface area (Å²) in [5, 5.41) is 7.35. The van der Waals surface area contributed by atoms with Crippen LogP contribution in [0.1, 0.15) is 40.5 Å². The second-order valence-electron chi connectivity index (χ2n) is 9.69. The highest BCUT2D eigenvalue weighted by Crippen LogP contribution is 2.30. The maximum Gasteiger partial charge on any atom is 0.573 e. The lowest BCUT2D eigenvalue weighted by Crippen LogP contribution is -2.41. The minimum absolute atomic E-state index is 0.132. The molecular formula is C24H32F3N5O3. The van der Waals surface area contributed by atoms with Gasteiger partial charge in [-0.25, -0.2) is 9.48 Å². The van der Waals surface area contributed by atoms with Gasteiger partial charge in [-0.15, -0.1) is 18.3 Å². The van der Waals surface area contributed by atoms with E-state index in [1.54, 1.807) is 0 Å². The Bertz CT molecular complexity index is 1010. The van der Waals surface area contributed by atoms with E-state index in [0.29, 0.717) is 24.1 Å². The second-order valence-corrected chi connectivity index (χ2v) is 9.69. The number of benzene rings is 1. The first-order valence-electron chi connectivity index (χ1n) is 11.5. The summed E-state index contributed by atoms with van der Waals surface area (Å²) in [5.41, 5.74) is 1.03. The molecule has 0 radical (unpaired) electrons. The zero-order valence-electron chi connectivity index (χ0n) is 20.4. The molecule has 0 spiro atoms. The molecule has 35 heavy (non-hydrogen) atoms. The van der Waals surface area contributed by atoms with E-state index >= 15 is 0 Å². The van der Waals surface area contributed by atoms with Crippen LogP contribution in [0.5, 0.6) is 5.75 Å². The van der Waals surface area contributed by atoms with Crippen LogP contribution >= 0.6 is 0 Å². The summed E-state index contributed by atoms with van der Waals surface area (Å²) in [6, 6.07) is 5.44. The smallest absolute Gasteiger partial charge is 0.444 e. The number of amides is 1. The quantitative estimate of drug-likeness (QED) is 0.539. The lowest BCUT2D eigenvalue weighted by molar-refractivity contribution is -0.274. The van der Waals surface area contributed by atoms with E-state index in [-0.39, 0.29) is 11.7 Å². The Morgan fingerprint density at radius 2 is 1.83 bits per heavy atom. The first-order valence-corrected chi connectivity index (χ1v) is 11.5. The number of aromatic nitrogens is 3. The van der Waals surface area contributed by atoms with Gasteiger partial charge in [0.1, 0.15) is 17.7 Å². The molecule has 1 aliphatic heterocycles. The number of carbonyl (C=O) groups is 1. The highest BCUT2D eigenvalue weighted by molar-refractivity contribution is 5.67. The Labute approximate surface area is 203 Å². The number of hydrogen-bond donors (Lipinski definition) is 1. The number of carbonyl (C=O) groups excluding carboxylic acids is 1. The van der Waals surface area contributed by atoms with E-state index < -0.39 is 18.1 Å². The van der Waals surface area contributed by atoms with Crippen LogP contribution in [0.15, 0.2) is 42.7 Å². The van der Waals surface area contributed by atoms with Crippen molar-refractivity contribution in [1.29, 1.82) is 0 Å². The van der Waals surface area contributed by atoms with Gasteiger partial charge in [0.15, 0.2) is 0 Å². The number of nitrogens with zero attached hydrogens (tertiary/aromatic N) is 4. The van der Waals surface area contributed by atoms with E-state index in [1.807, 2.05) is 27.7 Å². The molecule has 0 bridgehead atoms. The highest BCUT2D eigenvalue weighted by atomic mass is 19.4. The first kappa shape index (κ1) is 26.4. The minimum atomic E-state index is -4.73. The van der Waals surface area contributed by atoms with Crippen LogP contribution in [0.4, 0.5) is 23.9 Å². The van der Waals surface area contributed by atoms with Crippen LogP contribution in [0.25, 0.3) is 5.69 Å². The van der Waals surface area contributed by atoms with Gasteiger partial charge in [-0.2, -0.15) is 4.98 Å². The predicted octanol–water partition coefficient (Wildman–Crippen LogP) is 5.10. The van der Waals surface area contributed by atoms with Crippen LogP contribution < -0.4 is 15.0 Å². The van der Waals surface area contributed by atoms with E-state index in [1.165, 1.54) is 35.3 Å². The lowest BCUT2D eigenvalue weighted by Gasteiger charge is -2.36. The molecule has 8 nitrogen and oxygen atoms in total. The fourth-order valence-corrected chi connectivity index (χ4v) is 4.08. The molecule has 0 saturated carbocycles. The molecule has 1 amide bonds. The summed E-state index contributed by atoms with van der Waals surface area (Å²) in [4.78, 5) is 18.5. The van der Waals surface area contributed by atoms with Gasteiger partial charge in [0.25, 0.3) is 0 Å². The van der Waals surface area contributed by atoms with Crippen molar-refractivity contribution in [3.05, 3.63) is 42.7 Å². The third-order valence-corrected chi connectivity index (χ3v) is 5.70. The van der Waals surface area contributed by atoms with Gasteiger partial charge in [0, 0.05) is 19.6 Å². The summed E-state index contributed by atoms with van der Waals surface area (Å²) in [7, 11) is 0. The standard InChI is InChI=1S/C24H32F3N5O3/c1-16(2)20(14-28-22(33)35-23(3,4)5)17-10-12-31(13-11-17)21-29-15-32(30-21)18-6-8-19(9-7-18)34-24(25,26)27/h6-9,15,17,20H,1,10-14H2,2-5H3,(H,28,33). The van der Waals surface area contributed by atoms with Crippen molar-refractivity contribution < 1.29 is 27.4 Å². The summed E-state index contributed by atoms with van der Waals surface area (Å²) in [6.07, 6.45) is -1.88. The number of alkyl carbamates (subject to hydrolysis) is 1. The zero-order chi connectivity index (χ0) is 25.8. The van der Waals surface area contributed by atoms with Gasteiger partial charge in [0.2, 0.25) is 5.95 Å². The molecular weight excluding hydrogens is 463 g/mol. The average molecular weight is 496 g/mol. The molecule has 1 saturated heterocycles. The molecule has 11 heteroatoms. The Morgan fingerprint density at radius 1 is 1.20 bits per heavy atom. The minimum Gasteiger partial charge on any atom is -0.444 e. The van der Waals surface area contributed by atoms with E-state index in [2.05, 4.69) is 31.6 Å². The van der Waals surface area contributed by atoms with Gasteiger partial charge >= 0.3 is 12.5 Å². The molecule has 1 fully saturated rings. The number of nitrogens with one attached hydrogen (secondary N) is 1. The lowest BCUT2D eigenvalue weighted by atomic mass is 9.80. The maximum absolute atomic E-state index is 12.3. The van der Waals surface area contributed by atoms with Crippen LogP contribution in [-0.4, -0.2) is 52.5 Å². The van der Waals surface area contributed by atoms with Crippen molar-refractivity contribution in [1.82, 2.24) is 20.1 Å². The number of halogens is 3. The van der Waals surface area contributed by atoms with Crippen LogP contribution in [0.3, 0.4) is 0 Å². The van der Waals surface area contributed by atoms with Crippen molar-refractivity contribution in [2.24, 2.45) is 11.8 Å². The molecule has 1 atom stereocenters. The van der Waals surface area contributed by atoms with Crippen molar-refractivity contribution in [2.75, 3.05) is 24.5 Å². The second kappa shape index (κ2) is 10.6. The number of hydrogen-bond acceptors (Lipinski definition) is 6. The molecule has 1 aliphatic rings. The Hall–Kier alpha value is -3.24. The molecule has 0 aliphatic carbocycles. The normalized spacial score (nSPS) is 16.0. The predicted molar refractivity (Wildman–Crippen MR) is 126 cm³/mol. The number of ether oxygens (including phenoxy) is 2. The van der Waals surface area contributed by atoms with Crippen LogP contribution in [0.2, 0.25) is 0 Å². The SMILES string of the molecule is C=C(C)C(CNC(=O)OC(C)(C)C)C1CCN(c2ncn(-c3ccc(OC(F)(F)F)cc3)n2)CC1. The molecule has 1 unspecified atom stereocenters. The van der Waals surface area contributed by atoms with Crippen LogP contribution in [-0.2, 0) is 4.74 Å². The van der Waals surface area contributed by atoms with Crippen molar-refractivity contribution in [2.45, 2.75) is 52.5 Å². The Balaban J connectivity index is 1.55. The fraction of sp³-hybridized carbons (Fsp3) is 0.542. The average Bonchev–Trinajstić information content (AvgIpc) is 3.22. The Kier molecular flexibility index (Phi) is 7.97. The summed E-state index contributed by atoms with van der Waals surface area (Å²) >= 11 is 0. The summed E-state index contributed by atoms with van der Waals surface area (Å²) in [5.74, 6) is 0.740. The third-order valence-electron chi connectivity index (χ3n) is 5.70.